The van der Waals surface area contributed by atoms with Crippen LogP contribution in [0.5, 0.6) is 0 Å². The van der Waals surface area contributed by atoms with Crippen LogP contribution in [0, 0.1) is 0 Å². The molecule has 0 heterocycles. The molecule has 0 fully saturated rings. The van der Waals surface area contributed by atoms with Crippen LogP contribution >= 0.6 is 15.9 Å². The Bertz CT molecular complexity index is 295. The van der Waals surface area contributed by atoms with Gasteiger partial charge in [0.25, 0.3) is 0 Å². The molecule has 68 valence electrons. The maximum atomic E-state index is 3.99. The third kappa shape index (κ3) is 6.05. The van der Waals surface area contributed by atoms with E-state index in [1.807, 2.05) is 0 Å². The molecule has 0 unspecified atom stereocenters. The van der Waals surface area contributed by atoms with Gasteiger partial charge in [-0.2, -0.15) is 0 Å². The van der Waals surface area contributed by atoms with Gasteiger partial charge < -0.3 is 0 Å². The van der Waals surface area contributed by atoms with Gasteiger partial charge in [-0.25, -0.2) is 0 Å². The minimum absolute atomic E-state index is 0.616. The Morgan fingerprint density at radius 3 is 2.23 bits per heavy atom. The van der Waals surface area contributed by atoms with Crippen LogP contribution < -0.4 is 0 Å². The maximum absolute atomic E-state index is 3.99. The summed E-state index contributed by atoms with van der Waals surface area (Å²) in [7, 11) is 0. The first kappa shape index (κ1) is 11.8. The predicted octanol–water partition coefficient (Wildman–Crippen LogP) is 3.78. The number of hydrogen-bond donors (Lipinski definition) is 0. The summed E-state index contributed by atoms with van der Waals surface area (Å²) in [5.74, 6) is 0. The van der Waals surface area contributed by atoms with E-state index in [4.69, 9.17) is 0 Å². The molecule has 0 saturated heterocycles. The van der Waals surface area contributed by atoms with Gasteiger partial charge in [-0.1, -0.05) is 54.4 Å². The van der Waals surface area contributed by atoms with Crippen molar-refractivity contribution in [3.8, 4) is 0 Å². The highest BCUT2D eigenvalue weighted by Gasteiger charge is 1.91. The molecule has 0 aliphatic carbocycles. The van der Waals surface area contributed by atoms with Crippen LogP contribution in [-0.2, 0) is 0 Å². The average Bonchev–Trinajstić information content (AvgIpc) is 2.10. The summed E-state index contributed by atoms with van der Waals surface area (Å²) >= 11 is 3.20. The summed E-state index contributed by atoms with van der Waals surface area (Å²) in [6.07, 6.45) is 6.74. The number of hydrogen-bond acceptors (Lipinski definition) is 1. The van der Waals surface area contributed by atoms with E-state index in [-0.39, 0.29) is 0 Å². The summed E-state index contributed by atoms with van der Waals surface area (Å²) in [6, 6.07) is 0. The van der Waals surface area contributed by atoms with E-state index in [1.54, 1.807) is 24.4 Å². The molecule has 0 spiro atoms. The number of rotatable bonds is 5. The molecule has 0 radical (unpaired) electrons. The fourth-order valence-electron chi connectivity index (χ4n) is 0.513. The first-order valence-corrected chi connectivity index (χ1v) is 4.43. The molecule has 0 aliphatic rings. The molecule has 0 aromatic carbocycles. The normalized spacial score (nSPS) is 10.5. The highest BCUT2D eigenvalue weighted by atomic mass is 79.9. The van der Waals surface area contributed by atoms with Gasteiger partial charge in [-0.15, -0.1) is 0 Å². The lowest BCUT2D eigenvalue weighted by Gasteiger charge is -1.96. The smallest absolute Gasteiger partial charge is 0.0624 e. The first-order valence-electron chi connectivity index (χ1n) is 3.63. The molecular formula is C11H12BrN. The van der Waals surface area contributed by atoms with E-state index in [9.17, 15) is 0 Å². The van der Waals surface area contributed by atoms with Gasteiger partial charge in [0.2, 0.25) is 0 Å². The monoisotopic (exact) mass is 237 g/mol. The topological polar surface area (TPSA) is 12.4 Å². The summed E-state index contributed by atoms with van der Waals surface area (Å²) in [5.41, 5.74) is 1.36. The van der Waals surface area contributed by atoms with Gasteiger partial charge in [0.15, 0.2) is 0 Å². The van der Waals surface area contributed by atoms with Crippen molar-refractivity contribution in [3.63, 3.8) is 0 Å². The molecule has 0 aromatic rings. The van der Waals surface area contributed by atoms with Crippen LogP contribution in [0.3, 0.4) is 0 Å². The second-order valence-electron chi connectivity index (χ2n) is 2.27. The van der Waals surface area contributed by atoms with Crippen molar-refractivity contribution in [3.05, 3.63) is 60.3 Å². The molecule has 0 aliphatic heterocycles. The van der Waals surface area contributed by atoms with Gasteiger partial charge in [-0.05, 0) is 11.6 Å². The van der Waals surface area contributed by atoms with Crippen molar-refractivity contribution >= 4 is 22.1 Å². The van der Waals surface area contributed by atoms with Crippen molar-refractivity contribution in [2.45, 2.75) is 0 Å². The van der Waals surface area contributed by atoms with Crippen LogP contribution in [0.15, 0.2) is 65.3 Å². The molecule has 13 heavy (non-hydrogen) atoms. The van der Waals surface area contributed by atoms with E-state index >= 15 is 0 Å². The fraction of sp³-hybridized carbons (Fsp3) is 0. The average molecular weight is 238 g/mol. The fourth-order valence-corrected chi connectivity index (χ4v) is 0.645. The molecule has 0 saturated carbocycles. The zero-order chi connectivity index (χ0) is 10.3. The summed E-state index contributed by atoms with van der Waals surface area (Å²) < 4.78 is 0.786. The third-order valence-electron chi connectivity index (χ3n) is 1.17. The van der Waals surface area contributed by atoms with Gasteiger partial charge in [0.05, 0.1) is 5.70 Å². The largest absolute Gasteiger partial charge is 0.257 e. The van der Waals surface area contributed by atoms with Crippen molar-refractivity contribution in [1.82, 2.24) is 0 Å². The molecular weight excluding hydrogens is 226 g/mol. The van der Waals surface area contributed by atoms with Crippen molar-refractivity contribution in [1.29, 1.82) is 0 Å². The van der Waals surface area contributed by atoms with Crippen LogP contribution in [0.1, 0.15) is 0 Å². The molecule has 0 aromatic heterocycles. The summed E-state index contributed by atoms with van der Waals surface area (Å²) in [6.45, 7) is 14.7. The van der Waals surface area contributed by atoms with E-state index in [1.165, 1.54) is 0 Å². The highest BCUT2D eigenvalue weighted by Crippen LogP contribution is 2.10. The highest BCUT2D eigenvalue weighted by molar-refractivity contribution is 9.11. The molecule has 0 bridgehead atoms. The van der Waals surface area contributed by atoms with Crippen molar-refractivity contribution < 1.29 is 0 Å². The van der Waals surface area contributed by atoms with E-state index in [0.29, 0.717) is 5.70 Å². The quantitative estimate of drug-likeness (QED) is 0.510. The molecule has 1 nitrogen and oxygen atoms in total. The standard InChI is InChI=1S/C11H12BrN/c1-5-8-13-11(4)9(2)6-7-10(3)12/h5-8H,1-4H2/b7-6-,13-8?. The van der Waals surface area contributed by atoms with E-state index < -0.39 is 0 Å². The van der Waals surface area contributed by atoms with Crippen LogP contribution in [0.4, 0.5) is 0 Å². The predicted molar refractivity (Wildman–Crippen MR) is 64.2 cm³/mol. The van der Waals surface area contributed by atoms with E-state index in [0.717, 1.165) is 10.1 Å². The van der Waals surface area contributed by atoms with Crippen LogP contribution in [0.25, 0.3) is 0 Å². The minimum atomic E-state index is 0.616. The van der Waals surface area contributed by atoms with Crippen molar-refractivity contribution in [2.24, 2.45) is 4.99 Å². The Morgan fingerprint density at radius 1 is 1.15 bits per heavy atom. The lowest BCUT2D eigenvalue weighted by atomic mass is 10.2. The molecule has 0 atom stereocenters. The summed E-state index contributed by atoms with van der Waals surface area (Å²) in [5, 5.41) is 0. The number of aliphatic imine (C=N–C) groups is 1. The molecule has 0 rings (SSSR count). The zero-order valence-electron chi connectivity index (χ0n) is 7.46. The third-order valence-corrected chi connectivity index (χ3v) is 1.44. The molecule has 0 amide bonds. The summed E-state index contributed by atoms with van der Waals surface area (Å²) in [4.78, 5) is 3.99. The number of halogens is 1. The van der Waals surface area contributed by atoms with Crippen LogP contribution in [0.2, 0.25) is 0 Å². The van der Waals surface area contributed by atoms with E-state index in [2.05, 4.69) is 47.2 Å². The van der Waals surface area contributed by atoms with Crippen LogP contribution in [-0.4, -0.2) is 6.21 Å². The minimum Gasteiger partial charge on any atom is -0.257 e. The van der Waals surface area contributed by atoms with Gasteiger partial charge in [0.1, 0.15) is 0 Å². The first-order chi connectivity index (χ1) is 6.07. The Labute approximate surface area is 87.7 Å². The lowest BCUT2D eigenvalue weighted by molar-refractivity contribution is 1.39. The van der Waals surface area contributed by atoms with Gasteiger partial charge >= 0.3 is 0 Å². The van der Waals surface area contributed by atoms with Gasteiger partial charge in [-0.3, -0.25) is 4.99 Å². The zero-order valence-corrected chi connectivity index (χ0v) is 9.05. The molecule has 0 N–H and O–H groups in total. The Hall–Kier alpha value is -1.15. The van der Waals surface area contributed by atoms with Crippen molar-refractivity contribution in [2.75, 3.05) is 0 Å². The Morgan fingerprint density at radius 2 is 1.77 bits per heavy atom. The molecule has 2 heteroatoms. The van der Waals surface area contributed by atoms with Gasteiger partial charge in [0, 0.05) is 10.7 Å². The number of allylic oxidation sites excluding steroid dienone is 4. The second-order valence-corrected chi connectivity index (χ2v) is 3.28. The maximum Gasteiger partial charge on any atom is 0.0624 e. The SMILES string of the molecule is C=CC=NC(=C)C(=C)/C=C\C(=C)Br. The lowest BCUT2D eigenvalue weighted by Crippen LogP contribution is -1.78. The second kappa shape index (κ2) is 6.38. The Balaban J connectivity index is 4.28. The number of nitrogens with zero attached hydrogens (tertiary/aromatic N) is 1. The Kier molecular flexibility index (Phi) is 5.81.